The lowest BCUT2D eigenvalue weighted by atomic mass is 10.0. The average Bonchev–Trinajstić information content (AvgIpc) is 3.39. The van der Waals surface area contributed by atoms with Crippen LogP contribution in [0.3, 0.4) is 0 Å². The number of carbonyl (C=O) groups is 1. The molecule has 2 aromatic carbocycles. The lowest BCUT2D eigenvalue weighted by Gasteiger charge is -2.13. The van der Waals surface area contributed by atoms with Crippen LogP contribution in [-0.2, 0) is 26.0 Å². The van der Waals surface area contributed by atoms with Crippen LogP contribution in [0.25, 0.3) is 0 Å². The molecule has 1 heterocycles. The van der Waals surface area contributed by atoms with Gasteiger partial charge in [0.05, 0.1) is 5.25 Å². The van der Waals surface area contributed by atoms with Crippen LogP contribution in [0.2, 0.25) is 0 Å². The van der Waals surface area contributed by atoms with Gasteiger partial charge in [-0.2, -0.15) is 0 Å². The number of allylic oxidation sites excluding steroid dienone is 1. The largest absolute Gasteiger partial charge is 0.483 e. The molecule has 0 fully saturated rings. The molecule has 0 radical (unpaired) electrons. The van der Waals surface area contributed by atoms with E-state index in [1.165, 1.54) is 29.0 Å². The number of nitrogens with zero attached hydrogens (tertiary/aromatic N) is 3. The van der Waals surface area contributed by atoms with Crippen molar-refractivity contribution >= 4 is 17.5 Å². The highest BCUT2D eigenvalue weighted by molar-refractivity contribution is 8.00. The van der Waals surface area contributed by atoms with Gasteiger partial charge in [0.15, 0.2) is 28.3 Å². The quantitative estimate of drug-likeness (QED) is 0.267. The molecule has 1 aromatic heterocycles. The molecule has 1 aliphatic carbocycles. The van der Waals surface area contributed by atoms with Crippen molar-refractivity contribution in [1.82, 2.24) is 14.8 Å². The molecule has 0 saturated heterocycles. The summed E-state index contributed by atoms with van der Waals surface area (Å²) in [6.07, 6.45) is 5.01. The second-order valence-electron chi connectivity index (χ2n) is 7.48. The Hall–Kier alpha value is -2.93. The van der Waals surface area contributed by atoms with Gasteiger partial charge >= 0.3 is 0 Å². The van der Waals surface area contributed by atoms with Gasteiger partial charge in [0.25, 0.3) is 0 Å². The fraction of sp³-hybridized carbons (Fsp3) is 0.292. The van der Waals surface area contributed by atoms with Crippen molar-refractivity contribution in [2.75, 3.05) is 0 Å². The summed E-state index contributed by atoms with van der Waals surface area (Å²) < 4.78 is 21.2. The van der Waals surface area contributed by atoms with Crippen LogP contribution in [0.5, 0.6) is 5.75 Å². The molecular formula is C24H24FN3O2S. The van der Waals surface area contributed by atoms with Gasteiger partial charge in [-0.15, -0.1) is 16.8 Å². The van der Waals surface area contributed by atoms with Gasteiger partial charge in [0, 0.05) is 12.1 Å². The number of ether oxygens (including phenoxy) is 1. The summed E-state index contributed by atoms with van der Waals surface area (Å²) in [5.41, 5.74) is 3.37. The van der Waals surface area contributed by atoms with E-state index in [1.807, 2.05) is 23.6 Å². The first-order valence-corrected chi connectivity index (χ1v) is 11.2. The number of halogens is 1. The van der Waals surface area contributed by atoms with Gasteiger partial charge in [0.2, 0.25) is 0 Å². The molecule has 5 nitrogen and oxygen atoms in total. The zero-order valence-corrected chi connectivity index (χ0v) is 18.2. The summed E-state index contributed by atoms with van der Waals surface area (Å²) in [4.78, 5) is 13.0. The van der Waals surface area contributed by atoms with Crippen molar-refractivity contribution in [2.45, 2.75) is 49.7 Å². The SMILES string of the molecule is C=CCn1c(COc2ccccc2F)nnc1SC(C)C(=O)c1ccc2c(c1)CCC2. The minimum absolute atomic E-state index is 0.0650. The van der Waals surface area contributed by atoms with E-state index in [1.54, 1.807) is 24.3 Å². The molecule has 0 N–H and O–H groups in total. The van der Waals surface area contributed by atoms with Gasteiger partial charge < -0.3 is 4.74 Å². The van der Waals surface area contributed by atoms with Crippen LogP contribution in [-0.4, -0.2) is 25.8 Å². The molecule has 3 aromatic rings. The van der Waals surface area contributed by atoms with Gasteiger partial charge in [0.1, 0.15) is 6.61 Å². The Kier molecular flexibility index (Phi) is 6.51. The summed E-state index contributed by atoms with van der Waals surface area (Å²) in [5, 5.41) is 8.72. The first-order valence-electron chi connectivity index (χ1n) is 10.3. The molecule has 0 spiro atoms. The molecule has 160 valence electrons. The van der Waals surface area contributed by atoms with E-state index in [9.17, 15) is 9.18 Å². The van der Waals surface area contributed by atoms with Crippen molar-refractivity contribution in [3.05, 3.63) is 83.5 Å². The number of fused-ring (bicyclic) bond motifs is 1. The molecule has 31 heavy (non-hydrogen) atoms. The number of carbonyl (C=O) groups excluding carboxylic acids is 1. The predicted molar refractivity (Wildman–Crippen MR) is 119 cm³/mol. The zero-order chi connectivity index (χ0) is 21.8. The monoisotopic (exact) mass is 437 g/mol. The van der Waals surface area contributed by atoms with Crippen molar-refractivity contribution in [3.63, 3.8) is 0 Å². The van der Waals surface area contributed by atoms with Gasteiger partial charge in [-0.3, -0.25) is 9.36 Å². The standard InChI is InChI=1S/C24H24FN3O2S/c1-3-13-28-22(15-30-21-10-5-4-9-20(21)25)26-27-24(28)31-16(2)23(29)19-12-11-17-7-6-8-18(17)14-19/h3-5,9-12,14,16H,1,6-8,13,15H2,2H3. The highest BCUT2D eigenvalue weighted by Crippen LogP contribution is 2.28. The molecule has 1 aliphatic rings. The third-order valence-electron chi connectivity index (χ3n) is 5.33. The Balaban J connectivity index is 1.48. The zero-order valence-electron chi connectivity index (χ0n) is 17.4. The third kappa shape index (κ3) is 4.71. The van der Waals surface area contributed by atoms with E-state index in [0.717, 1.165) is 24.8 Å². The molecule has 0 saturated carbocycles. The van der Waals surface area contributed by atoms with E-state index in [0.29, 0.717) is 17.5 Å². The maximum Gasteiger partial charge on any atom is 0.192 e. The Morgan fingerprint density at radius 1 is 1.26 bits per heavy atom. The van der Waals surface area contributed by atoms with Gasteiger partial charge in [-0.05, 0) is 55.5 Å². The summed E-state index contributed by atoms with van der Waals surface area (Å²) in [6, 6.07) is 12.3. The molecule has 0 bridgehead atoms. The number of ketones is 1. The highest BCUT2D eigenvalue weighted by Gasteiger charge is 2.23. The lowest BCUT2D eigenvalue weighted by Crippen LogP contribution is -2.15. The first kappa shape index (κ1) is 21.3. The highest BCUT2D eigenvalue weighted by atomic mass is 32.2. The Morgan fingerprint density at radius 3 is 2.87 bits per heavy atom. The summed E-state index contributed by atoms with van der Waals surface area (Å²) in [6.45, 7) is 6.20. The number of thioether (sulfide) groups is 1. The van der Waals surface area contributed by atoms with E-state index in [2.05, 4.69) is 22.8 Å². The minimum atomic E-state index is -0.430. The topological polar surface area (TPSA) is 57.0 Å². The van der Waals surface area contributed by atoms with Crippen LogP contribution in [0.4, 0.5) is 4.39 Å². The number of aromatic nitrogens is 3. The first-order chi connectivity index (χ1) is 15.1. The average molecular weight is 438 g/mol. The molecule has 1 unspecified atom stereocenters. The van der Waals surface area contributed by atoms with Gasteiger partial charge in [-0.1, -0.05) is 42.1 Å². The number of hydrogen-bond donors (Lipinski definition) is 0. The van der Waals surface area contributed by atoms with E-state index in [4.69, 9.17) is 4.74 Å². The van der Waals surface area contributed by atoms with Crippen LogP contribution < -0.4 is 4.74 Å². The maximum atomic E-state index is 13.8. The van der Waals surface area contributed by atoms with Gasteiger partial charge in [-0.25, -0.2) is 4.39 Å². The number of benzene rings is 2. The van der Waals surface area contributed by atoms with Crippen molar-refractivity contribution in [1.29, 1.82) is 0 Å². The van der Waals surface area contributed by atoms with Crippen molar-refractivity contribution < 1.29 is 13.9 Å². The Labute approximate surface area is 185 Å². The normalized spacial score (nSPS) is 13.6. The number of rotatable bonds is 9. The fourth-order valence-corrected chi connectivity index (χ4v) is 4.66. The number of para-hydroxylation sites is 1. The number of Topliss-reactive ketones (excluding diaryl/α,β-unsaturated/α-hetero) is 1. The van der Waals surface area contributed by atoms with E-state index >= 15 is 0 Å². The van der Waals surface area contributed by atoms with Crippen molar-refractivity contribution in [3.8, 4) is 5.75 Å². The number of hydrogen-bond acceptors (Lipinski definition) is 5. The van der Waals surface area contributed by atoms with Crippen molar-refractivity contribution in [2.24, 2.45) is 0 Å². The van der Waals surface area contributed by atoms with Crippen LogP contribution in [0.15, 0.2) is 60.3 Å². The molecular weight excluding hydrogens is 413 g/mol. The second kappa shape index (κ2) is 9.47. The smallest absolute Gasteiger partial charge is 0.192 e. The molecule has 0 aliphatic heterocycles. The minimum Gasteiger partial charge on any atom is -0.483 e. The lowest BCUT2D eigenvalue weighted by molar-refractivity contribution is 0.0993. The molecule has 0 amide bonds. The summed E-state index contributed by atoms with van der Waals surface area (Å²) in [7, 11) is 0. The predicted octanol–water partition coefficient (Wildman–Crippen LogP) is 5.03. The van der Waals surface area contributed by atoms with Crippen LogP contribution in [0.1, 0.15) is 40.7 Å². The fourth-order valence-electron chi connectivity index (χ4n) is 3.70. The Bertz CT molecular complexity index is 1110. The van der Waals surface area contributed by atoms with Crippen LogP contribution in [0, 0.1) is 5.82 Å². The summed E-state index contributed by atoms with van der Waals surface area (Å²) in [5.74, 6) is 0.338. The molecule has 1 atom stereocenters. The third-order valence-corrected chi connectivity index (χ3v) is 6.41. The molecule has 7 heteroatoms. The maximum absolute atomic E-state index is 13.8. The van der Waals surface area contributed by atoms with E-state index in [-0.39, 0.29) is 23.4 Å². The number of aryl methyl sites for hydroxylation is 2. The van der Waals surface area contributed by atoms with E-state index < -0.39 is 5.82 Å². The second-order valence-corrected chi connectivity index (χ2v) is 8.79. The Morgan fingerprint density at radius 2 is 2.06 bits per heavy atom. The van der Waals surface area contributed by atoms with Crippen LogP contribution >= 0.6 is 11.8 Å². The summed E-state index contributed by atoms with van der Waals surface area (Å²) >= 11 is 1.35. The molecule has 4 rings (SSSR count).